The van der Waals surface area contributed by atoms with Crippen molar-refractivity contribution in [3.05, 3.63) is 47.5 Å². The Bertz CT molecular complexity index is 982. The quantitative estimate of drug-likeness (QED) is 0.514. The Morgan fingerprint density at radius 1 is 1.03 bits per heavy atom. The van der Waals surface area contributed by atoms with Crippen molar-refractivity contribution >= 4 is 5.78 Å². The number of ether oxygens (including phenoxy) is 3. The molecule has 0 unspecified atom stereocenters. The maximum absolute atomic E-state index is 14.5. The van der Waals surface area contributed by atoms with Gasteiger partial charge in [-0.3, -0.25) is 0 Å². The van der Waals surface area contributed by atoms with Gasteiger partial charge in [0.25, 0.3) is 5.78 Å². The van der Waals surface area contributed by atoms with Crippen LogP contribution >= 0.6 is 0 Å². The zero-order valence-corrected chi connectivity index (χ0v) is 16.8. The minimum atomic E-state index is -0.726. The van der Waals surface area contributed by atoms with Gasteiger partial charge in [0.1, 0.15) is 36.9 Å². The summed E-state index contributed by atoms with van der Waals surface area (Å²) in [7, 11) is 1.53. The molecule has 4 rings (SSSR count). The number of rotatable bonds is 8. The molecule has 2 heterocycles. The van der Waals surface area contributed by atoms with Gasteiger partial charge in [0, 0.05) is 25.2 Å². The molecule has 2 aromatic heterocycles. The lowest BCUT2D eigenvalue weighted by Crippen LogP contribution is -2.14. The molecule has 0 saturated heterocycles. The fourth-order valence-electron chi connectivity index (χ4n) is 3.84. The molecule has 9 heteroatoms. The highest BCUT2D eigenvalue weighted by atomic mass is 19.1. The van der Waals surface area contributed by atoms with Crippen molar-refractivity contribution in [1.29, 1.82) is 0 Å². The van der Waals surface area contributed by atoms with Crippen LogP contribution in [0.5, 0.6) is 11.5 Å². The van der Waals surface area contributed by atoms with Gasteiger partial charge >= 0.3 is 0 Å². The predicted molar refractivity (Wildman–Crippen MR) is 105 cm³/mol. The molecule has 0 spiro atoms. The zero-order valence-electron chi connectivity index (χ0n) is 16.8. The van der Waals surface area contributed by atoms with Crippen LogP contribution < -0.4 is 9.47 Å². The summed E-state index contributed by atoms with van der Waals surface area (Å²) < 4.78 is 46.7. The summed E-state index contributed by atoms with van der Waals surface area (Å²) in [5, 5.41) is 4.28. The molecule has 0 amide bonds. The molecule has 1 aromatic carbocycles. The van der Waals surface area contributed by atoms with Crippen molar-refractivity contribution in [3.8, 4) is 11.5 Å². The van der Waals surface area contributed by atoms with Crippen LogP contribution in [-0.2, 0) is 11.3 Å². The molecule has 0 atom stereocenters. The SMILES string of the molecule is COCCOc1cc(F)c(COc2cnc3ncnn3c2C2CCCCC2)c(F)c1. The maximum atomic E-state index is 14.5. The molecule has 0 bridgehead atoms. The Labute approximate surface area is 173 Å². The first kappa shape index (κ1) is 20.5. The van der Waals surface area contributed by atoms with E-state index in [1.165, 1.54) is 19.9 Å². The third-order valence-electron chi connectivity index (χ3n) is 5.34. The largest absolute Gasteiger partial charge is 0.491 e. The highest BCUT2D eigenvalue weighted by molar-refractivity contribution is 5.38. The highest BCUT2D eigenvalue weighted by Gasteiger charge is 2.24. The van der Waals surface area contributed by atoms with Crippen LogP contribution in [0.2, 0.25) is 0 Å². The van der Waals surface area contributed by atoms with E-state index in [1.807, 2.05) is 0 Å². The molecule has 160 valence electrons. The standard InChI is InChI=1S/C21H24F2N4O3/c1-28-7-8-29-15-9-17(22)16(18(23)10-15)12-30-19-11-24-21-25-13-26-27(21)20(19)14-5-3-2-4-6-14/h9-11,13-14H,2-8,12H2,1H3. The van der Waals surface area contributed by atoms with Crippen LogP contribution in [0.3, 0.4) is 0 Å². The minimum absolute atomic E-state index is 0.111. The first-order valence-corrected chi connectivity index (χ1v) is 10.1. The Morgan fingerprint density at radius 2 is 1.80 bits per heavy atom. The predicted octanol–water partition coefficient (Wildman–Crippen LogP) is 4.05. The third kappa shape index (κ3) is 4.35. The second-order valence-corrected chi connectivity index (χ2v) is 7.31. The molecule has 1 aliphatic carbocycles. The van der Waals surface area contributed by atoms with E-state index in [-0.39, 0.29) is 30.4 Å². The number of nitrogens with zero attached hydrogens (tertiary/aromatic N) is 4. The molecule has 3 aromatic rings. The van der Waals surface area contributed by atoms with Gasteiger partial charge in [0.05, 0.1) is 24.1 Å². The van der Waals surface area contributed by atoms with Gasteiger partial charge in [-0.05, 0) is 12.8 Å². The van der Waals surface area contributed by atoms with E-state index in [0.29, 0.717) is 18.1 Å². The average molecular weight is 418 g/mol. The van der Waals surface area contributed by atoms with Gasteiger partial charge < -0.3 is 14.2 Å². The van der Waals surface area contributed by atoms with E-state index in [2.05, 4.69) is 15.1 Å². The van der Waals surface area contributed by atoms with Gasteiger partial charge in [-0.25, -0.2) is 13.8 Å². The summed E-state index contributed by atoms with van der Waals surface area (Å²) in [6.45, 7) is 0.271. The van der Waals surface area contributed by atoms with E-state index in [1.54, 1.807) is 10.7 Å². The Morgan fingerprint density at radius 3 is 2.53 bits per heavy atom. The van der Waals surface area contributed by atoms with Crippen LogP contribution in [0.1, 0.15) is 49.3 Å². The van der Waals surface area contributed by atoms with E-state index >= 15 is 0 Å². The number of hydrogen-bond acceptors (Lipinski definition) is 6. The van der Waals surface area contributed by atoms with Crippen LogP contribution in [0.4, 0.5) is 8.78 Å². The molecule has 7 nitrogen and oxygen atoms in total. The van der Waals surface area contributed by atoms with Gasteiger partial charge in [0.15, 0.2) is 5.75 Å². The number of methoxy groups -OCH3 is 1. The second kappa shape index (κ2) is 9.34. The van der Waals surface area contributed by atoms with Crippen LogP contribution in [0, 0.1) is 11.6 Å². The number of benzene rings is 1. The molecule has 1 fully saturated rings. The smallest absolute Gasteiger partial charge is 0.252 e. The summed E-state index contributed by atoms with van der Waals surface area (Å²) in [5.41, 5.74) is 0.694. The number of aromatic nitrogens is 4. The fourth-order valence-corrected chi connectivity index (χ4v) is 3.84. The number of hydrogen-bond donors (Lipinski definition) is 0. The minimum Gasteiger partial charge on any atom is -0.491 e. The fraction of sp³-hybridized carbons (Fsp3) is 0.476. The topological polar surface area (TPSA) is 70.8 Å². The Kier molecular flexibility index (Phi) is 6.37. The van der Waals surface area contributed by atoms with Gasteiger partial charge in [-0.2, -0.15) is 14.6 Å². The normalized spacial score (nSPS) is 14.9. The van der Waals surface area contributed by atoms with Gasteiger partial charge in [-0.1, -0.05) is 19.3 Å². The lowest BCUT2D eigenvalue weighted by Gasteiger charge is -2.24. The van der Waals surface area contributed by atoms with Crippen molar-refractivity contribution in [1.82, 2.24) is 19.6 Å². The van der Waals surface area contributed by atoms with Gasteiger partial charge in [0.2, 0.25) is 0 Å². The van der Waals surface area contributed by atoms with E-state index in [9.17, 15) is 8.78 Å². The van der Waals surface area contributed by atoms with Crippen LogP contribution in [-0.4, -0.2) is 39.9 Å². The molecule has 30 heavy (non-hydrogen) atoms. The van der Waals surface area contributed by atoms with Crippen molar-refractivity contribution in [2.75, 3.05) is 20.3 Å². The Balaban J connectivity index is 1.56. The lowest BCUT2D eigenvalue weighted by molar-refractivity contribution is 0.146. The summed E-state index contributed by atoms with van der Waals surface area (Å²) in [6, 6.07) is 2.30. The molecule has 1 saturated carbocycles. The first-order chi connectivity index (χ1) is 14.7. The molecular weight excluding hydrogens is 394 g/mol. The number of halogens is 2. The van der Waals surface area contributed by atoms with Crippen molar-refractivity contribution < 1.29 is 23.0 Å². The summed E-state index contributed by atoms with van der Waals surface area (Å²) in [6.07, 6.45) is 8.46. The van der Waals surface area contributed by atoms with E-state index in [4.69, 9.17) is 14.2 Å². The second-order valence-electron chi connectivity index (χ2n) is 7.31. The van der Waals surface area contributed by atoms with Gasteiger partial charge in [-0.15, -0.1) is 0 Å². The molecule has 0 radical (unpaired) electrons. The van der Waals surface area contributed by atoms with E-state index in [0.717, 1.165) is 43.5 Å². The summed E-state index contributed by atoms with van der Waals surface area (Å²) in [5.74, 6) is -0.142. The molecule has 1 aliphatic rings. The van der Waals surface area contributed by atoms with Crippen molar-refractivity contribution in [3.63, 3.8) is 0 Å². The highest BCUT2D eigenvalue weighted by Crippen LogP contribution is 2.37. The number of fused-ring (bicyclic) bond motifs is 1. The zero-order chi connectivity index (χ0) is 20.9. The Hall–Kier alpha value is -2.81. The molecule has 0 N–H and O–H groups in total. The molecule has 0 aliphatic heterocycles. The van der Waals surface area contributed by atoms with Crippen molar-refractivity contribution in [2.45, 2.75) is 44.6 Å². The van der Waals surface area contributed by atoms with Crippen LogP contribution in [0.15, 0.2) is 24.7 Å². The van der Waals surface area contributed by atoms with E-state index < -0.39 is 11.6 Å². The monoisotopic (exact) mass is 418 g/mol. The van der Waals surface area contributed by atoms with Crippen molar-refractivity contribution in [2.24, 2.45) is 0 Å². The third-order valence-corrected chi connectivity index (χ3v) is 5.34. The average Bonchev–Trinajstić information content (AvgIpc) is 3.22. The summed E-state index contributed by atoms with van der Waals surface area (Å²) >= 11 is 0. The summed E-state index contributed by atoms with van der Waals surface area (Å²) in [4.78, 5) is 8.40. The maximum Gasteiger partial charge on any atom is 0.252 e. The lowest BCUT2D eigenvalue weighted by atomic mass is 9.86. The first-order valence-electron chi connectivity index (χ1n) is 10.1. The van der Waals surface area contributed by atoms with Crippen LogP contribution in [0.25, 0.3) is 5.78 Å². The molecular formula is C21H24F2N4O3.